The van der Waals surface area contributed by atoms with Crippen LogP contribution in [0.4, 0.5) is 5.69 Å². The Balaban J connectivity index is 1.65. The summed E-state index contributed by atoms with van der Waals surface area (Å²) in [7, 11) is 0. The molecule has 1 fully saturated rings. The summed E-state index contributed by atoms with van der Waals surface area (Å²) < 4.78 is 5.49. The minimum atomic E-state index is -0.237. The van der Waals surface area contributed by atoms with Crippen molar-refractivity contribution in [2.75, 3.05) is 31.6 Å². The second-order valence-electron chi connectivity index (χ2n) is 6.63. The van der Waals surface area contributed by atoms with Crippen LogP contribution in [0, 0.1) is 0 Å². The molecule has 2 N–H and O–H groups in total. The number of anilines is 1. The Morgan fingerprint density at radius 3 is 2.38 bits per heavy atom. The predicted molar refractivity (Wildman–Crippen MR) is 103 cm³/mol. The van der Waals surface area contributed by atoms with Gasteiger partial charge in [-0.2, -0.15) is 0 Å². The van der Waals surface area contributed by atoms with Crippen LogP contribution >= 0.6 is 0 Å². The molecular formula is C22H23N2O2+. The molecular weight excluding hydrogens is 324 g/mol. The highest BCUT2D eigenvalue weighted by atomic mass is 16.5. The van der Waals surface area contributed by atoms with E-state index in [4.69, 9.17) is 4.74 Å². The second kappa shape index (κ2) is 7.68. The van der Waals surface area contributed by atoms with Crippen molar-refractivity contribution in [3.8, 4) is 0 Å². The molecule has 0 bridgehead atoms. The van der Waals surface area contributed by atoms with Gasteiger partial charge in [0.2, 0.25) is 0 Å². The summed E-state index contributed by atoms with van der Waals surface area (Å²) in [5.74, 6) is 0.0319. The van der Waals surface area contributed by atoms with Crippen LogP contribution in [-0.4, -0.2) is 32.2 Å². The van der Waals surface area contributed by atoms with Gasteiger partial charge in [-0.1, -0.05) is 66.7 Å². The number of carbonyl (C=O) groups excluding carboxylic acids is 1. The number of rotatable bonds is 4. The molecule has 132 valence electrons. The van der Waals surface area contributed by atoms with Crippen molar-refractivity contribution < 1.29 is 14.4 Å². The maximum atomic E-state index is 13.3. The highest BCUT2D eigenvalue weighted by molar-refractivity contribution is 6.03. The molecule has 4 nitrogen and oxygen atoms in total. The fraction of sp³-hybridized carbons (Fsp3) is 0.227. The first-order valence-electron chi connectivity index (χ1n) is 9.09. The average Bonchev–Trinajstić information content (AvgIpc) is 2.70. The average molecular weight is 347 g/mol. The minimum Gasteiger partial charge on any atom is -0.370 e. The fourth-order valence-corrected chi connectivity index (χ4v) is 3.68. The summed E-state index contributed by atoms with van der Waals surface area (Å²) in [4.78, 5) is 14.5. The van der Waals surface area contributed by atoms with E-state index < -0.39 is 0 Å². The number of amides is 1. The molecule has 4 heteroatoms. The van der Waals surface area contributed by atoms with Crippen LogP contribution in [0.25, 0.3) is 10.8 Å². The zero-order valence-electron chi connectivity index (χ0n) is 14.7. The Morgan fingerprint density at radius 2 is 1.58 bits per heavy atom. The molecule has 0 spiro atoms. The van der Waals surface area contributed by atoms with Gasteiger partial charge in [0.1, 0.15) is 13.1 Å². The SMILES string of the molecule is O=C(Nc1cccc2ccccc12)[C@@H](c1ccccc1)[NH+]1CCOCC1. The van der Waals surface area contributed by atoms with E-state index in [1.165, 1.54) is 4.90 Å². The van der Waals surface area contributed by atoms with Crippen molar-refractivity contribution in [2.24, 2.45) is 0 Å². The fourth-order valence-electron chi connectivity index (χ4n) is 3.68. The highest BCUT2D eigenvalue weighted by Gasteiger charge is 2.33. The molecule has 3 aromatic rings. The lowest BCUT2D eigenvalue weighted by Gasteiger charge is -2.31. The van der Waals surface area contributed by atoms with Crippen molar-refractivity contribution >= 4 is 22.4 Å². The number of carbonyl (C=O) groups is 1. The van der Waals surface area contributed by atoms with Crippen LogP contribution in [-0.2, 0) is 9.53 Å². The lowest BCUT2D eigenvalue weighted by atomic mass is 10.0. The first-order chi connectivity index (χ1) is 12.8. The molecule has 0 aromatic heterocycles. The van der Waals surface area contributed by atoms with Crippen LogP contribution in [0.5, 0.6) is 0 Å². The summed E-state index contributed by atoms with van der Waals surface area (Å²) in [6.07, 6.45) is 0. The van der Waals surface area contributed by atoms with E-state index in [9.17, 15) is 4.79 Å². The van der Waals surface area contributed by atoms with Crippen LogP contribution in [0.2, 0.25) is 0 Å². The Morgan fingerprint density at radius 1 is 0.885 bits per heavy atom. The van der Waals surface area contributed by atoms with Crippen molar-refractivity contribution in [1.29, 1.82) is 0 Å². The molecule has 1 saturated heterocycles. The van der Waals surface area contributed by atoms with Gasteiger partial charge < -0.3 is 15.0 Å². The molecule has 26 heavy (non-hydrogen) atoms. The topological polar surface area (TPSA) is 42.8 Å². The third-order valence-electron chi connectivity index (χ3n) is 4.99. The Hall–Kier alpha value is -2.69. The van der Waals surface area contributed by atoms with Gasteiger partial charge in [-0.05, 0) is 11.5 Å². The molecule has 4 rings (SSSR count). The number of fused-ring (bicyclic) bond motifs is 1. The van der Waals surface area contributed by atoms with Gasteiger partial charge in [-0.3, -0.25) is 4.79 Å². The summed E-state index contributed by atoms with van der Waals surface area (Å²) in [5, 5.41) is 5.37. The Kier molecular flexibility index (Phi) is 4.95. The molecule has 1 aliphatic rings. The number of quaternary nitrogens is 1. The molecule has 0 unspecified atom stereocenters. The van der Waals surface area contributed by atoms with E-state index in [-0.39, 0.29) is 11.9 Å². The third-order valence-corrected chi connectivity index (χ3v) is 4.99. The monoisotopic (exact) mass is 347 g/mol. The van der Waals surface area contributed by atoms with Gasteiger partial charge in [0, 0.05) is 16.6 Å². The van der Waals surface area contributed by atoms with E-state index in [1.807, 2.05) is 60.7 Å². The van der Waals surface area contributed by atoms with Crippen LogP contribution in [0.3, 0.4) is 0 Å². The zero-order valence-corrected chi connectivity index (χ0v) is 14.7. The molecule has 3 aromatic carbocycles. The Bertz CT molecular complexity index is 884. The minimum absolute atomic E-state index is 0.0319. The first kappa shape index (κ1) is 16.8. The summed E-state index contributed by atoms with van der Waals surface area (Å²) in [5.41, 5.74) is 1.91. The third kappa shape index (κ3) is 3.47. The van der Waals surface area contributed by atoms with Crippen LogP contribution in [0.1, 0.15) is 11.6 Å². The highest BCUT2D eigenvalue weighted by Crippen LogP contribution is 2.24. The van der Waals surface area contributed by atoms with Gasteiger partial charge in [-0.15, -0.1) is 0 Å². The van der Waals surface area contributed by atoms with Crippen molar-refractivity contribution in [2.45, 2.75) is 6.04 Å². The maximum absolute atomic E-state index is 13.3. The number of ether oxygens (including phenoxy) is 1. The summed E-state index contributed by atoms with van der Waals surface area (Å²) in [6.45, 7) is 3.06. The first-order valence-corrected chi connectivity index (χ1v) is 9.09. The maximum Gasteiger partial charge on any atom is 0.287 e. The number of morpholine rings is 1. The molecule has 1 amide bonds. The lowest BCUT2D eigenvalue weighted by Crippen LogP contribution is -3.15. The van der Waals surface area contributed by atoms with Gasteiger partial charge in [0.25, 0.3) is 5.91 Å². The number of nitrogens with one attached hydrogen (secondary N) is 2. The predicted octanol–water partition coefficient (Wildman–Crippen LogP) is 2.43. The van der Waals surface area contributed by atoms with Crippen molar-refractivity contribution in [1.82, 2.24) is 0 Å². The second-order valence-corrected chi connectivity index (χ2v) is 6.63. The molecule has 0 aliphatic carbocycles. The van der Waals surface area contributed by atoms with E-state index in [2.05, 4.69) is 17.4 Å². The van der Waals surface area contributed by atoms with Crippen LogP contribution < -0.4 is 10.2 Å². The molecule has 1 atom stereocenters. The normalized spacial score (nSPS) is 16.3. The van der Waals surface area contributed by atoms with Gasteiger partial charge >= 0.3 is 0 Å². The largest absolute Gasteiger partial charge is 0.370 e. The quantitative estimate of drug-likeness (QED) is 0.761. The molecule has 0 radical (unpaired) electrons. The zero-order chi connectivity index (χ0) is 17.8. The summed E-state index contributed by atoms with van der Waals surface area (Å²) >= 11 is 0. The summed E-state index contributed by atoms with van der Waals surface area (Å²) in [6, 6.07) is 23.9. The van der Waals surface area contributed by atoms with Gasteiger partial charge in [0.05, 0.1) is 13.2 Å². The van der Waals surface area contributed by atoms with Crippen molar-refractivity contribution in [3.63, 3.8) is 0 Å². The van der Waals surface area contributed by atoms with Crippen LogP contribution in [0.15, 0.2) is 72.8 Å². The van der Waals surface area contributed by atoms with Gasteiger partial charge in [-0.25, -0.2) is 0 Å². The number of hydrogen-bond donors (Lipinski definition) is 2. The standard InChI is InChI=1S/C22H22N2O2/c25-22(23-20-12-6-10-17-7-4-5-11-19(17)20)21(18-8-2-1-3-9-18)24-13-15-26-16-14-24/h1-12,21H,13-16H2,(H,23,25)/p+1/t21-/m1/s1. The smallest absolute Gasteiger partial charge is 0.287 e. The van der Waals surface area contributed by atoms with E-state index in [0.29, 0.717) is 13.2 Å². The Labute approximate surface area is 153 Å². The molecule has 0 saturated carbocycles. The van der Waals surface area contributed by atoms with Crippen molar-refractivity contribution in [3.05, 3.63) is 78.4 Å². The molecule has 1 aliphatic heterocycles. The molecule has 1 heterocycles. The van der Waals surface area contributed by atoms with Gasteiger partial charge in [0.15, 0.2) is 6.04 Å². The van der Waals surface area contributed by atoms with E-state index >= 15 is 0 Å². The number of hydrogen-bond acceptors (Lipinski definition) is 2. The van der Waals surface area contributed by atoms with E-state index in [0.717, 1.165) is 35.1 Å². The number of benzene rings is 3. The van der Waals surface area contributed by atoms with E-state index in [1.54, 1.807) is 0 Å². The lowest BCUT2D eigenvalue weighted by molar-refractivity contribution is -0.929.